The first-order chi connectivity index (χ1) is 12.3. The second-order valence-electron chi connectivity index (χ2n) is 5.59. The molecule has 2 aromatic carbocycles. The molecule has 0 amide bonds. The van der Waals surface area contributed by atoms with Crippen LogP contribution in [0.15, 0.2) is 60.8 Å². The average molecular weight is 331 g/mol. The van der Waals surface area contributed by atoms with Gasteiger partial charge in [-0.25, -0.2) is 4.98 Å². The SMILES string of the molecule is COc1ccc(-c2ccnc3n[nH]c(-c4ccccc4)c23)cc1OC. The number of H-pyrrole nitrogens is 1. The van der Waals surface area contributed by atoms with Crippen molar-refractivity contribution in [3.8, 4) is 33.9 Å². The number of fused-ring (bicyclic) bond motifs is 1. The Hall–Kier alpha value is -3.34. The number of aromatic nitrogens is 3. The van der Waals surface area contributed by atoms with Crippen LogP contribution in [0.4, 0.5) is 0 Å². The van der Waals surface area contributed by atoms with Crippen molar-refractivity contribution in [3.63, 3.8) is 0 Å². The molecular formula is C20H17N3O2. The summed E-state index contributed by atoms with van der Waals surface area (Å²) >= 11 is 0. The molecule has 0 aliphatic rings. The summed E-state index contributed by atoms with van der Waals surface area (Å²) in [5, 5.41) is 8.48. The van der Waals surface area contributed by atoms with Crippen molar-refractivity contribution < 1.29 is 9.47 Å². The number of hydrogen-bond donors (Lipinski definition) is 1. The molecule has 0 unspecified atom stereocenters. The van der Waals surface area contributed by atoms with E-state index in [2.05, 4.69) is 27.3 Å². The lowest BCUT2D eigenvalue weighted by Gasteiger charge is -2.11. The second-order valence-corrected chi connectivity index (χ2v) is 5.59. The molecule has 4 rings (SSSR count). The van der Waals surface area contributed by atoms with Crippen molar-refractivity contribution >= 4 is 11.0 Å². The molecule has 0 spiro atoms. The van der Waals surface area contributed by atoms with E-state index < -0.39 is 0 Å². The Balaban J connectivity index is 1.95. The van der Waals surface area contributed by atoms with Crippen LogP contribution in [-0.4, -0.2) is 29.4 Å². The Morgan fingerprint density at radius 1 is 0.840 bits per heavy atom. The largest absolute Gasteiger partial charge is 0.493 e. The summed E-state index contributed by atoms with van der Waals surface area (Å²) in [6.45, 7) is 0. The van der Waals surface area contributed by atoms with Gasteiger partial charge in [-0.05, 0) is 29.3 Å². The summed E-state index contributed by atoms with van der Waals surface area (Å²) in [6, 6.07) is 18.0. The average Bonchev–Trinajstić information content (AvgIpc) is 3.12. The smallest absolute Gasteiger partial charge is 0.182 e. The van der Waals surface area contributed by atoms with E-state index in [-0.39, 0.29) is 0 Å². The predicted molar refractivity (Wildman–Crippen MR) is 97.9 cm³/mol. The third kappa shape index (κ3) is 2.59. The monoisotopic (exact) mass is 331 g/mol. The van der Waals surface area contributed by atoms with Crippen molar-refractivity contribution in [2.75, 3.05) is 14.2 Å². The molecule has 2 heterocycles. The molecule has 0 fully saturated rings. The fraction of sp³-hybridized carbons (Fsp3) is 0.100. The van der Waals surface area contributed by atoms with Gasteiger partial charge in [0, 0.05) is 11.8 Å². The molecule has 124 valence electrons. The van der Waals surface area contributed by atoms with Crippen LogP contribution in [0.3, 0.4) is 0 Å². The molecule has 0 saturated carbocycles. The molecule has 0 bridgehead atoms. The van der Waals surface area contributed by atoms with E-state index in [1.807, 2.05) is 42.5 Å². The zero-order valence-electron chi connectivity index (χ0n) is 14.0. The lowest BCUT2D eigenvalue weighted by Crippen LogP contribution is -1.91. The molecule has 5 nitrogen and oxygen atoms in total. The van der Waals surface area contributed by atoms with Gasteiger partial charge < -0.3 is 9.47 Å². The minimum absolute atomic E-state index is 0.686. The highest BCUT2D eigenvalue weighted by molar-refractivity contribution is 6.02. The molecule has 25 heavy (non-hydrogen) atoms. The third-order valence-electron chi connectivity index (χ3n) is 4.21. The van der Waals surface area contributed by atoms with E-state index in [9.17, 15) is 0 Å². The molecule has 0 saturated heterocycles. The van der Waals surface area contributed by atoms with Gasteiger partial charge in [0.15, 0.2) is 17.1 Å². The molecule has 4 aromatic rings. The summed E-state index contributed by atoms with van der Waals surface area (Å²) in [7, 11) is 3.27. The number of hydrogen-bond acceptors (Lipinski definition) is 4. The lowest BCUT2D eigenvalue weighted by atomic mass is 9.99. The maximum atomic E-state index is 5.44. The Bertz CT molecular complexity index is 1030. The van der Waals surface area contributed by atoms with Gasteiger partial charge in [-0.2, -0.15) is 5.10 Å². The molecule has 5 heteroatoms. The van der Waals surface area contributed by atoms with Crippen molar-refractivity contribution in [3.05, 3.63) is 60.8 Å². The molecule has 2 aromatic heterocycles. The van der Waals surface area contributed by atoms with Crippen LogP contribution in [-0.2, 0) is 0 Å². The number of aromatic amines is 1. The molecule has 0 aliphatic carbocycles. The molecule has 0 radical (unpaired) electrons. The van der Waals surface area contributed by atoms with Crippen molar-refractivity contribution in [2.45, 2.75) is 0 Å². The molecule has 0 atom stereocenters. The van der Waals surface area contributed by atoms with E-state index in [0.29, 0.717) is 17.1 Å². The first-order valence-corrected chi connectivity index (χ1v) is 7.92. The Morgan fingerprint density at radius 3 is 2.40 bits per heavy atom. The quantitative estimate of drug-likeness (QED) is 0.605. The van der Waals surface area contributed by atoms with Gasteiger partial charge in [-0.1, -0.05) is 36.4 Å². The molecule has 1 N–H and O–H groups in total. The normalized spacial score (nSPS) is 10.8. The summed E-state index contributed by atoms with van der Waals surface area (Å²) < 4.78 is 10.8. The van der Waals surface area contributed by atoms with E-state index in [1.165, 1.54) is 0 Å². The minimum Gasteiger partial charge on any atom is -0.493 e. The van der Waals surface area contributed by atoms with Crippen molar-refractivity contribution in [2.24, 2.45) is 0 Å². The highest BCUT2D eigenvalue weighted by Gasteiger charge is 2.15. The Labute approximate surface area is 145 Å². The van der Waals surface area contributed by atoms with Gasteiger partial charge in [-0.15, -0.1) is 0 Å². The number of benzene rings is 2. The number of rotatable bonds is 4. The van der Waals surface area contributed by atoms with Crippen LogP contribution in [0.1, 0.15) is 0 Å². The highest BCUT2D eigenvalue weighted by atomic mass is 16.5. The zero-order valence-corrected chi connectivity index (χ0v) is 14.0. The lowest BCUT2D eigenvalue weighted by molar-refractivity contribution is 0.355. The van der Waals surface area contributed by atoms with Crippen LogP contribution < -0.4 is 9.47 Å². The Morgan fingerprint density at radius 2 is 1.64 bits per heavy atom. The van der Waals surface area contributed by atoms with Gasteiger partial charge in [0.25, 0.3) is 0 Å². The molecular weight excluding hydrogens is 314 g/mol. The van der Waals surface area contributed by atoms with Gasteiger partial charge in [0.1, 0.15) is 0 Å². The first kappa shape index (κ1) is 15.2. The standard InChI is InChI=1S/C20H17N3O2/c1-24-16-9-8-14(12-17(16)25-2)15-10-11-21-20-18(15)19(22-23-20)13-6-4-3-5-7-13/h3-12H,1-2H3,(H,21,22,23). The van der Waals surface area contributed by atoms with Crippen LogP contribution in [0, 0.1) is 0 Å². The van der Waals surface area contributed by atoms with E-state index >= 15 is 0 Å². The Kier molecular flexibility index (Phi) is 3.82. The number of nitrogens with zero attached hydrogens (tertiary/aromatic N) is 2. The number of methoxy groups -OCH3 is 2. The fourth-order valence-electron chi connectivity index (χ4n) is 3.00. The maximum Gasteiger partial charge on any atom is 0.182 e. The van der Waals surface area contributed by atoms with Gasteiger partial charge in [-0.3, -0.25) is 5.10 Å². The first-order valence-electron chi connectivity index (χ1n) is 7.92. The van der Waals surface area contributed by atoms with Crippen molar-refractivity contribution in [1.29, 1.82) is 0 Å². The summed E-state index contributed by atoms with van der Waals surface area (Å²) in [5.74, 6) is 1.39. The highest BCUT2D eigenvalue weighted by Crippen LogP contribution is 2.37. The van der Waals surface area contributed by atoms with Crippen molar-refractivity contribution in [1.82, 2.24) is 15.2 Å². The molecule has 0 aliphatic heterocycles. The van der Waals surface area contributed by atoms with Gasteiger partial charge in [0.05, 0.1) is 25.3 Å². The number of ether oxygens (including phenoxy) is 2. The number of pyridine rings is 1. The minimum atomic E-state index is 0.686. The topological polar surface area (TPSA) is 60.0 Å². The van der Waals surface area contributed by atoms with Crippen LogP contribution >= 0.6 is 0 Å². The predicted octanol–water partition coefficient (Wildman–Crippen LogP) is 4.31. The van der Waals surface area contributed by atoms with E-state index in [0.717, 1.165) is 27.8 Å². The summed E-state index contributed by atoms with van der Waals surface area (Å²) in [6.07, 6.45) is 1.77. The second kappa shape index (κ2) is 6.28. The fourth-order valence-corrected chi connectivity index (χ4v) is 3.00. The van der Waals surface area contributed by atoms with Gasteiger partial charge in [0.2, 0.25) is 0 Å². The van der Waals surface area contributed by atoms with E-state index in [4.69, 9.17) is 9.47 Å². The summed E-state index contributed by atoms with van der Waals surface area (Å²) in [5.41, 5.74) is 4.77. The van der Waals surface area contributed by atoms with Crippen LogP contribution in [0.25, 0.3) is 33.4 Å². The maximum absolute atomic E-state index is 5.44. The van der Waals surface area contributed by atoms with E-state index in [1.54, 1.807) is 20.4 Å². The van der Waals surface area contributed by atoms with Gasteiger partial charge >= 0.3 is 0 Å². The summed E-state index contributed by atoms with van der Waals surface area (Å²) in [4.78, 5) is 4.39. The van der Waals surface area contributed by atoms with Crippen LogP contribution in [0.2, 0.25) is 0 Å². The van der Waals surface area contributed by atoms with Crippen LogP contribution in [0.5, 0.6) is 11.5 Å². The number of nitrogens with one attached hydrogen (secondary N) is 1. The third-order valence-corrected chi connectivity index (χ3v) is 4.21. The zero-order chi connectivity index (χ0) is 17.2.